The third-order valence-electron chi connectivity index (χ3n) is 1.69. The van der Waals surface area contributed by atoms with Crippen LogP contribution in [0.5, 0.6) is 0 Å². The third-order valence-corrected chi connectivity index (χ3v) is 2.37. The third kappa shape index (κ3) is 3.15. The molecule has 0 N–H and O–H groups in total. The van der Waals surface area contributed by atoms with Crippen LogP contribution in [0.2, 0.25) is 0 Å². The Morgan fingerprint density at radius 2 is 2.23 bits per heavy atom. The van der Waals surface area contributed by atoms with Crippen molar-refractivity contribution in [3.8, 4) is 0 Å². The zero-order valence-corrected chi connectivity index (χ0v) is 9.04. The second-order valence-electron chi connectivity index (χ2n) is 2.83. The summed E-state index contributed by atoms with van der Waals surface area (Å²) in [7, 11) is 0. The minimum Gasteiger partial charge on any atom is -0.303 e. The predicted octanol–water partition coefficient (Wildman–Crippen LogP) is 3.36. The lowest BCUT2D eigenvalue weighted by molar-refractivity contribution is -0.107. The van der Waals surface area contributed by atoms with Gasteiger partial charge in [-0.2, -0.15) is 0 Å². The number of aldehydes is 1. The maximum Gasteiger partial charge on any atom is 0.123 e. The van der Waals surface area contributed by atoms with Crippen LogP contribution in [0.4, 0.5) is 0 Å². The molecule has 1 aromatic carbocycles. The van der Waals surface area contributed by atoms with E-state index in [1.165, 1.54) is 5.56 Å². The van der Waals surface area contributed by atoms with Gasteiger partial charge >= 0.3 is 0 Å². The number of allylic oxidation sites excluding steroid dienone is 1. The van der Waals surface area contributed by atoms with Crippen LogP contribution in [0.1, 0.15) is 17.5 Å². The Morgan fingerprint density at radius 1 is 1.46 bits per heavy atom. The van der Waals surface area contributed by atoms with Crippen molar-refractivity contribution in [3.05, 3.63) is 39.9 Å². The fraction of sp³-hybridized carbons (Fsp3) is 0.182. The molecule has 0 unspecified atom stereocenters. The first kappa shape index (κ1) is 10.2. The number of carbonyl (C=O) groups excluding carboxylic acids is 1. The number of aryl methyl sites for hydroxylation is 1. The highest BCUT2D eigenvalue weighted by molar-refractivity contribution is 9.10. The van der Waals surface area contributed by atoms with Crippen molar-refractivity contribution in [3.63, 3.8) is 0 Å². The molecule has 0 radical (unpaired) electrons. The highest BCUT2D eigenvalue weighted by atomic mass is 79.9. The highest BCUT2D eigenvalue weighted by Crippen LogP contribution is 2.19. The number of hydrogen-bond donors (Lipinski definition) is 0. The number of hydrogen-bond acceptors (Lipinski definition) is 1. The molecule has 1 rings (SSSR count). The molecule has 0 spiro atoms. The molecular weight excluding hydrogens is 228 g/mol. The second kappa shape index (κ2) is 4.97. The van der Waals surface area contributed by atoms with Crippen molar-refractivity contribution in [2.75, 3.05) is 0 Å². The van der Waals surface area contributed by atoms with E-state index in [-0.39, 0.29) is 0 Å². The normalized spacial score (nSPS) is 10.6. The predicted molar refractivity (Wildman–Crippen MR) is 58.6 cm³/mol. The Bertz CT molecular complexity index is 329. The van der Waals surface area contributed by atoms with Gasteiger partial charge in [-0.15, -0.1) is 0 Å². The molecule has 0 atom stereocenters. The SMILES string of the molecule is Cc1ccc(C=CCC=O)c(Br)c1. The van der Waals surface area contributed by atoms with E-state index in [1.807, 2.05) is 31.2 Å². The van der Waals surface area contributed by atoms with Gasteiger partial charge < -0.3 is 4.79 Å². The summed E-state index contributed by atoms with van der Waals surface area (Å²) < 4.78 is 1.06. The van der Waals surface area contributed by atoms with E-state index in [1.54, 1.807) is 0 Å². The van der Waals surface area contributed by atoms with Crippen LogP contribution in [0.3, 0.4) is 0 Å². The molecule has 2 heteroatoms. The van der Waals surface area contributed by atoms with Gasteiger partial charge in [-0.3, -0.25) is 0 Å². The van der Waals surface area contributed by atoms with Crippen LogP contribution < -0.4 is 0 Å². The minimum absolute atomic E-state index is 0.473. The van der Waals surface area contributed by atoms with Crippen LogP contribution in [0, 0.1) is 6.92 Å². The molecule has 0 heterocycles. The van der Waals surface area contributed by atoms with Crippen molar-refractivity contribution < 1.29 is 4.79 Å². The minimum atomic E-state index is 0.473. The Labute approximate surface area is 86.6 Å². The second-order valence-corrected chi connectivity index (χ2v) is 3.68. The molecule has 0 aliphatic rings. The van der Waals surface area contributed by atoms with E-state index < -0.39 is 0 Å². The van der Waals surface area contributed by atoms with Gasteiger partial charge in [-0.1, -0.05) is 40.2 Å². The first-order chi connectivity index (χ1) is 6.24. The average Bonchev–Trinajstić information content (AvgIpc) is 2.09. The lowest BCUT2D eigenvalue weighted by atomic mass is 10.1. The first-order valence-corrected chi connectivity index (χ1v) is 4.89. The van der Waals surface area contributed by atoms with Gasteiger partial charge in [0, 0.05) is 10.9 Å². The summed E-state index contributed by atoms with van der Waals surface area (Å²) in [5.74, 6) is 0. The maximum absolute atomic E-state index is 10.1. The van der Waals surface area contributed by atoms with Crippen LogP contribution in [0.25, 0.3) is 6.08 Å². The van der Waals surface area contributed by atoms with E-state index in [2.05, 4.69) is 22.0 Å². The van der Waals surface area contributed by atoms with Gasteiger partial charge in [0.25, 0.3) is 0 Å². The molecule has 0 saturated carbocycles. The van der Waals surface area contributed by atoms with Gasteiger partial charge in [0.1, 0.15) is 6.29 Å². The first-order valence-electron chi connectivity index (χ1n) is 4.10. The molecule has 0 aliphatic heterocycles. The Kier molecular flexibility index (Phi) is 3.90. The number of halogens is 1. The lowest BCUT2D eigenvalue weighted by Gasteiger charge is -1.99. The van der Waals surface area contributed by atoms with Crippen LogP contribution in [-0.2, 0) is 4.79 Å². The zero-order valence-electron chi connectivity index (χ0n) is 7.46. The number of benzene rings is 1. The quantitative estimate of drug-likeness (QED) is 0.739. The molecule has 68 valence electrons. The van der Waals surface area contributed by atoms with Crippen molar-refractivity contribution in [1.82, 2.24) is 0 Å². The fourth-order valence-corrected chi connectivity index (χ4v) is 1.64. The summed E-state index contributed by atoms with van der Waals surface area (Å²) in [4.78, 5) is 10.1. The van der Waals surface area contributed by atoms with E-state index in [0.29, 0.717) is 6.42 Å². The van der Waals surface area contributed by atoms with Gasteiger partial charge in [0.05, 0.1) is 0 Å². The van der Waals surface area contributed by atoms with Gasteiger partial charge in [-0.25, -0.2) is 0 Å². The van der Waals surface area contributed by atoms with E-state index in [9.17, 15) is 4.79 Å². The monoisotopic (exact) mass is 238 g/mol. The summed E-state index contributed by atoms with van der Waals surface area (Å²) in [5, 5.41) is 0. The molecule has 0 bridgehead atoms. The van der Waals surface area contributed by atoms with E-state index in [4.69, 9.17) is 0 Å². The Morgan fingerprint density at radius 3 is 2.85 bits per heavy atom. The van der Waals surface area contributed by atoms with Gasteiger partial charge in [-0.05, 0) is 24.1 Å². The summed E-state index contributed by atoms with van der Waals surface area (Å²) in [5.41, 5.74) is 2.33. The molecule has 0 amide bonds. The van der Waals surface area contributed by atoms with Crippen LogP contribution >= 0.6 is 15.9 Å². The highest BCUT2D eigenvalue weighted by Gasteiger charge is 1.94. The molecule has 1 aromatic rings. The fourth-order valence-electron chi connectivity index (χ4n) is 1.02. The topological polar surface area (TPSA) is 17.1 Å². The molecule has 0 aromatic heterocycles. The molecule has 0 aliphatic carbocycles. The summed E-state index contributed by atoms with van der Waals surface area (Å²) in [6.07, 6.45) is 5.15. The smallest absolute Gasteiger partial charge is 0.123 e. The van der Waals surface area contributed by atoms with Gasteiger partial charge in [0.15, 0.2) is 0 Å². The van der Waals surface area contributed by atoms with Crippen molar-refractivity contribution in [2.24, 2.45) is 0 Å². The van der Waals surface area contributed by atoms with Crippen molar-refractivity contribution in [1.29, 1.82) is 0 Å². The standard InChI is InChI=1S/C11H11BrO/c1-9-5-6-10(11(12)8-9)4-2-3-7-13/h2,4-8H,3H2,1H3. The summed E-state index contributed by atoms with van der Waals surface area (Å²) in [6, 6.07) is 6.13. The lowest BCUT2D eigenvalue weighted by Crippen LogP contribution is -1.78. The number of carbonyl (C=O) groups is 1. The maximum atomic E-state index is 10.1. The van der Waals surface area contributed by atoms with E-state index >= 15 is 0 Å². The van der Waals surface area contributed by atoms with E-state index in [0.717, 1.165) is 16.3 Å². The van der Waals surface area contributed by atoms with Crippen molar-refractivity contribution in [2.45, 2.75) is 13.3 Å². The zero-order chi connectivity index (χ0) is 9.68. The number of rotatable bonds is 3. The molecule has 1 nitrogen and oxygen atoms in total. The summed E-state index contributed by atoms with van der Waals surface area (Å²) in [6.45, 7) is 2.05. The van der Waals surface area contributed by atoms with Crippen LogP contribution in [0.15, 0.2) is 28.7 Å². The Hall–Kier alpha value is -0.890. The molecular formula is C11H11BrO. The average molecular weight is 239 g/mol. The molecule has 0 fully saturated rings. The summed E-state index contributed by atoms with van der Waals surface area (Å²) >= 11 is 3.46. The van der Waals surface area contributed by atoms with Crippen molar-refractivity contribution >= 4 is 28.3 Å². The molecule has 0 saturated heterocycles. The van der Waals surface area contributed by atoms with Gasteiger partial charge in [0.2, 0.25) is 0 Å². The largest absolute Gasteiger partial charge is 0.303 e. The Balaban J connectivity index is 2.83. The molecule has 13 heavy (non-hydrogen) atoms. The van der Waals surface area contributed by atoms with Crippen LogP contribution in [-0.4, -0.2) is 6.29 Å².